The molecular formula is C16H19NO3S. The molecule has 0 bridgehead atoms. The van der Waals surface area contributed by atoms with Crippen molar-refractivity contribution >= 4 is 17.7 Å². The Hall–Kier alpha value is -1.64. The summed E-state index contributed by atoms with van der Waals surface area (Å²) in [7, 11) is 1.55. The van der Waals surface area contributed by atoms with Crippen molar-refractivity contribution in [3.8, 4) is 17.6 Å². The molecule has 1 aliphatic heterocycles. The molecule has 1 aromatic carbocycles. The minimum atomic E-state index is -0.223. The Labute approximate surface area is 129 Å². The maximum absolute atomic E-state index is 12.2. The van der Waals surface area contributed by atoms with E-state index in [2.05, 4.69) is 17.2 Å². The van der Waals surface area contributed by atoms with E-state index in [4.69, 9.17) is 9.84 Å². The summed E-state index contributed by atoms with van der Waals surface area (Å²) in [4.78, 5) is 12.2. The lowest BCUT2D eigenvalue weighted by molar-refractivity contribution is 0.0948. The number of carbonyl (C=O) groups is 1. The molecule has 0 aromatic heterocycles. The maximum Gasteiger partial charge on any atom is 0.251 e. The van der Waals surface area contributed by atoms with Crippen LogP contribution in [0.15, 0.2) is 18.2 Å². The second-order valence-corrected chi connectivity index (χ2v) is 5.96. The minimum Gasteiger partial charge on any atom is -0.495 e. The summed E-state index contributed by atoms with van der Waals surface area (Å²) in [5.41, 5.74) is 1.17. The highest BCUT2D eigenvalue weighted by Gasteiger charge is 2.17. The van der Waals surface area contributed by atoms with E-state index in [1.807, 2.05) is 11.8 Å². The molecule has 1 heterocycles. The molecule has 1 saturated heterocycles. The molecule has 5 heteroatoms. The monoisotopic (exact) mass is 305 g/mol. The molecule has 2 rings (SSSR count). The molecule has 1 atom stereocenters. The zero-order valence-electron chi connectivity index (χ0n) is 12.0. The third kappa shape index (κ3) is 4.42. The van der Waals surface area contributed by atoms with Gasteiger partial charge in [-0.15, -0.1) is 0 Å². The summed E-state index contributed by atoms with van der Waals surface area (Å²) in [5, 5.41) is 11.8. The number of ether oxygens (including phenoxy) is 1. The highest BCUT2D eigenvalue weighted by atomic mass is 32.2. The Bertz CT molecular complexity index is 556. The average molecular weight is 305 g/mol. The summed E-state index contributed by atoms with van der Waals surface area (Å²) in [6, 6.07) is 5.14. The van der Waals surface area contributed by atoms with Gasteiger partial charge >= 0.3 is 0 Å². The Kier molecular flexibility index (Phi) is 5.97. The standard InChI is InChI=1S/C16H19NO3S/c1-20-15-5-4-14(9-13(15)3-2-7-18)16(19)17-10-12-6-8-21-11-12/h4-5,9,12,18H,6-8,10-11H2,1H3,(H,17,19). The zero-order valence-corrected chi connectivity index (χ0v) is 12.8. The van der Waals surface area contributed by atoms with Crippen LogP contribution in [0.2, 0.25) is 0 Å². The number of rotatable bonds is 4. The first-order valence-corrected chi connectivity index (χ1v) is 8.03. The number of aliphatic hydroxyl groups excluding tert-OH is 1. The third-order valence-corrected chi connectivity index (χ3v) is 4.57. The lowest BCUT2D eigenvalue weighted by Gasteiger charge is -2.11. The molecule has 0 radical (unpaired) electrons. The second kappa shape index (κ2) is 7.96. The fourth-order valence-electron chi connectivity index (χ4n) is 2.17. The lowest BCUT2D eigenvalue weighted by Crippen LogP contribution is -2.29. The Morgan fingerprint density at radius 3 is 3.10 bits per heavy atom. The van der Waals surface area contributed by atoms with E-state index in [9.17, 15) is 4.79 Å². The van der Waals surface area contributed by atoms with Gasteiger partial charge in [0.25, 0.3) is 5.91 Å². The first-order valence-electron chi connectivity index (χ1n) is 6.88. The minimum absolute atomic E-state index is 0.0957. The number of amides is 1. The highest BCUT2D eigenvalue weighted by molar-refractivity contribution is 7.99. The molecule has 0 saturated carbocycles. The zero-order chi connectivity index (χ0) is 15.1. The van der Waals surface area contributed by atoms with Crippen LogP contribution in [0.4, 0.5) is 0 Å². The molecule has 2 N–H and O–H groups in total. The van der Waals surface area contributed by atoms with Crippen molar-refractivity contribution in [3.63, 3.8) is 0 Å². The predicted molar refractivity (Wildman–Crippen MR) is 84.7 cm³/mol. The molecular weight excluding hydrogens is 286 g/mol. The van der Waals surface area contributed by atoms with Crippen molar-refractivity contribution in [1.82, 2.24) is 5.32 Å². The maximum atomic E-state index is 12.2. The normalized spacial score (nSPS) is 17.0. The predicted octanol–water partition coefficient (Wildman–Crippen LogP) is 1.52. The molecule has 4 nitrogen and oxygen atoms in total. The Morgan fingerprint density at radius 2 is 2.43 bits per heavy atom. The first-order chi connectivity index (χ1) is 10.2. The molecule has 1 amide bonds. The summed E-state index contributed by atoms with van der Waals surface area (Å²) >= 11 is 1.94. The average Bonchev–Trinajstić information content (AvgIpc) is 3.03. The van der Waals surface area contributed by atoms with Gasteiger partial charge in [-0.3, -0.25) is 4.79 Å². The van der Waals surface area contributed by atoms with Crippen LogP contribution in [0.3, 0.4) is 0 Å². The summed E-state index contributed by atoms with van der Waals surface area (Å²) < 4.78 is 5.20. The molecule has 1 fully saturated rings. The molecule has 0 aliphatic carbocycles. The van der Waals surface area contributed by atoms with Crippen molar-refractivity contribution in [1.29, 1.82) is 0 Å². The smallest absolute Gasteiger partial charge is 0.251 e. The fourth-order valence-corrected chi connectivity index (χ4v) is 3.45. The number of aliphatic hydroxyl groups is 1. The van der Waals surface area contributed by atoms with Crippen LogP contribution in [-0.4, -0.2) is 42.8 Å². The molecule has 1 unspecified atom stereocenters. The summed E-state index contributed by atoms with van der Waals surface area (Å²) in [5.74, 6) is 8.75. The first kappa shape index (κ1) is 15.7. The quantitative estimate of drug-likeness (QED) is 0.828. The van der Waals surface area contributed by atoms with Gasteiger partial charge in [-0.1, -0.05) is 11.8 Å². The van der Waals surface area contributed by atoms with Gasteiger partial charge in [0.05, 0.1) is 12.7 Å². The number of hydrogen-bond donors (Lipinski definition) is 2. The van der Waals surface area contributed by atoms with Gasteiger partial charge in [-0.25, -0.2) is 0 Å². The van der Waals surface area contributed by atoms with Crippen molar-refractivity contribution in [2.75, 3.05) is 31.8 Å². The molecule has 0 spiro atoms. The van der Waals surface area contributed by atoms with Crippen molar-refractivity contribution in [2.45, 2.75) is 6.42 Å². The number of hydrogen-bond acceptors (Lipinski definition) is 4. The molecule has 112 valence electrons. The van der Waals surface area contributed by atoms with Gasteiger partial charge in [0.1, 0.15) is 12.4 Å². The Morgan fingerprint density at radius 1 is 1.57 bits per heavy atom. The van der Waals surface area contributed by atoms with E-state index in [1.54, 1.807) is 25.3 Å². The van der Waals surface area contributed by atoms with E-state index < -0.39 is 0 Å². The van der Waals surface area contributed by atoms with E-state index in [0.717, 1.165) is 12.3 Å². The summed E-state index contributed by atoms with van der Waals surface area (Å²) in [6.45, 7) is 0.494. The van der Waals surface area contributed by atoms with Crippen LogP contribution >= 0.6 is 11.8 Å². The van der Waals surface area contributed by atoms with E-state index in [1.165, 1.54) is 12.2 Å². The van der Waals surface area contributed by atoms with Crippen LogP contribution in [0.5, 0.6) is 5.75 Å². The van der Waals surface area contributed by atoms with Crippen molar-refractivity contribution < 1.29 is 14.6 Å². The van der Waals surface area contributed by atoms with Gasteiger partial charge in [0.2, 0.25) is 0 Å². The molecule has 1 aromatic rings. The lowest BCUT2D eigenvalue weighted by atomic mass is 10.1. The SMILES string of the molecule is COc1ccc(C(=O)NCC2CCSC2)cc1C#CCO. The van der Waals surface area contributed by atoms with Crippen LogP contribution in [0.25, 0.3) is 0 Å². The van der Waals surface area contributed by atoms with Crippen LogP contribution in [-0.2, 0) is 0 Å². The van der Waals surface area contributed by atoms with Gasteiger partial charge in [-0.05, 0) is 42.0 Å². The van der Waals surface area contributed by atoms with Gasteiger partial charge in [-0.2, -0.15) is 11.8 Å². The largest absolute Gasteiger partial charge is 0.495 e. The fraction of sp³-hybridized carbons (Fsp3) is 0.438. The van der Waals surface area contributed by atoms with Gasteiger partial charge in [0, 0.05) is 12.1 Å². The highest BCUT2D eigenvalue weighted by Crippen LogP contribution is 2.23. The third-order valence-electron chi connectivity index (χ3n) is 3.34. The number of nitrogens with one attached hydrogen (secondary N) is 1. The second-order valence-electron chi connectivity index (χ2n) is 4.81. The molecule has 1 aliphatic rings. The summed E-state index contributed by atoms with van der Waals surface area (Å²) in [6.07, 6.45) is 1.17. The number of benzene rings is 1. The Balaban J connectivity index is 2.05. The van der Waals surface area contributed by atoms with Crippen LogP contribution in [0.1, 0.15) is 22.3 Å². The molecule has 21 heavy (non-hydrogen) atoms. The van der Waals surface area contributed by atoms with E-state index in [0.29, 0.717) is 22.8 Å². The van der Waals surface area contributed by atoms with Crippen LogP contribution < -0.4 is 10.1 Å². The van der Waals surface area contributed by atoms with Crippen molar-refractivity contribution in [3.05, 3.63) is 29.3 Å². The number of thioether (sulfide) groups is 1. The van der Waals surface area contributed by atoms with E-state index >= 15 is 0 Å². The van der Waals surface area contributed by atoms with Crippen LogP contribution in [0, 0.1) is 17.8 Å². The number of methoxy groups -OCH3 is 1. The van der Waals surface area contributed by atoms with Gasteiger partial charge in [0.15, 0.2) is 0 Å². The van der Waals surface area contributed by atoms with E-state index in [-0.39, 0.29) is 12.5 Å². The van der Waals surface area contributed by atoms with Gasteiger partial charge < -0.3 is 15.2 Å². The topological polar surface area (TPSA) is 58.6 Å². The number of carbonyl (C=O) groups excluding carboxylic acids is 1. The van der Waals surface area contributed by atoms with Crippen molar-refractivity contribution in [2.24, 2.45) is 5.92 Å².